The number of hydrogen-bond donors (Lipinski definition) is 0. The van der Waals surface area contributed by atoms with Crippen LogP contribution in [0.5, 0.6) is 5.75 Å². The maximum Gasteiger partial charge on any atom is 0.345 e. The molecule has 26 heavy (non-hydrogen) atoms. The molecular formula is C22H15ClO3. The number of carbonyl (C=O) groups excluding carboxylic acids is 2. The Balaban J connectivity index is 1.67. The van der Waals surface area contributed by atoms with Crippen molar-refractivity contribution in [2.75, 3.05) is 0 Å². The van der Waals surface area contributed by atoms with Crippen molar-refractivity contribution in [1.29, 1.82) is 0 Å². The smallest absolute Gasteiger partial charge is 0.345 e. The fourth-order valence-electron chi connectivity index (χ4n) is 2.31. The third-order valence-electron chi connectivity index (χ3n) is 3.67. The molecule has 0 fully saturated rings. The highest BCUT2D eigenvalue weighted by molar-refractivity contribution is 6.33. The minimum absolute atomic E-state index is 0.127. The van der Waals surface area contributed by atoms with Gasteiger partial charge in [0.1, 0.15) is 5.75 Å². The van der Waals surface area contributed by atoms with Crippen molar-refractivity contribution in [3.8, 4) is 5.75 Å². The lowest BCUT2D eigenvalue weighted by molar-refractivity contribution is 0.0735. The Kier molecular flexibility index (Phi) is 5.62. The molecule has 0 aliphatic rings. The second kappa shape index (κ2) is 8.28. The van der Waals surface area contributed by atoms with E-state index in [1.165, 1.54) is 6.08 Å². The summed E-state index contributed by atoms with van der Waals surface area (Å²) in [5.41, 5.74) is 1.75. The lowest BCUT2D eigenvalue weighted by Gasteiger charge is -2.06. The quantitative estimate of drug-likeness (QED) is 0.262. The molecule has 0 saturated heterocycles. The van der Waals surface area contributed by atoms with Crippen LogP contribution in [0.3, 0.4) is 0 Å². The van der Waals surface area contributed by atoms with E-state index in [0.29, 0.717) is 21.9 Å². The van der Waals surface area contributed by atoms with Gasteiger partial charge in [-0.25, -0.2) is 4.79 Å². The van der Waals surface area contributed by atoms with Crippen molar-refractivity contribution < 1.29 is 14.3 Å². The molecule has 0 saturated carbocycles. The van der Waals surface area contributed by atoms with E-state index in [9.17, 15) is 9.59 Å². The van der Waals surface area contributed by atoms with Crippen molar-refractivity contribution in [1.82, 2.24) is 0 Å². The lowest BCUT2D eigenvalue weighted by Crippen LogP contribution is -2.09. The molecule has 0 atom stereocenters. The van der Waals surface area contributed by atoms with Crippen LogP contribution in [0.25, 0.3) is 6.08 Å². The molecule has 3 rings (SSSR count). The van der Waals surface area contributed by atoms with Gasteiger partial charge in [-0.1, -0.05) is 60.1 Å². The molecule has 0 aromatic heterocycles. The molecule has 3 nitrogen and oxygen atoms in total. The number of halogens is 1. The molecule has 0 aliphatic carbocycles. The molecule has 0 bridgehead atoms. The Bertz CT molecular complexity index is 945. The fraction of sp³-hybridized carbons (Fsp3) is 0. The van der Waals surface area contributed by atoms with Gasteiger partial charge in [-0.3, -0.25) is 4.79 Å². The predicted octanol–water partition coefficient (Wildman–Crippen LogP) is 5.46. The van der Waals surface area contributed by atoms with E-state index < -0.39 is 5.97 Å². The summed E-state index contributed by atoms with van der Waals surface area (Å²) in [6, 6.07) is 22.6. The van der Waals surface area contributed by atoms with E-state index in [2.05, 4.69) is 0 Å². The van der Waals surface area contributed by atoms with Crippen LogP contribution in [-0.2, 0) is 0 Å². The summed E-state index contributed by atoms with van der Waals surface area (Å²) in [5, 5.41) is 0.329. The number of allylic oxidation sites excluding steroid dienone is 1. The number of ether oxygens (including phenoxy) is 1. The van der Waals surface area contributed by atoms with E-state index in [1.807, 2.05) is 30.3 Å². The Morgan fingerprint density at radius 2 is 1.46 bits per heavy atom. The zero-order valence-electron chi connectivity index (χ0n) is 13.8. The van der Waals surface area contributed by atoms with Gasteiger partial charge in [0, 0.05) is 5.56 Å². The van der Waals surface area contributed by atoms with Gasteiger partial charge < -0.3 is 4.74 Å². The van der Waals surface area contributed by atoms with Gasteiger partial charge in [0.05, 0.1) is 10.6 Å². The van der Waals surface area contributed by atoms with Gasteiger partial charge in [0.25, 0.3) is 0 Å². The number of rotatable bonds is 5. The Morgan fingerprint density at radius 3 is 2.15 bits per heavy atom. The molecule has 0 amide bonds. The normalized spacial score (nSPS) is 10.7. The van der Waals surface area contributed by atoms with Crippen molar-refractivity contribution in [3.05, 3.63) is 107 Å². The SMILES string of the molecule is O=C(/C=C/c1ccccc1)c1ccc(OC(=O)c2ccccc2Cl)cc1. The second-order valence-electron chi connectivity index (χ2n) is 5.50. The van der Waals surface area contributed by atoms with E-state index in [-0.39, 0.29) is 5.78 Å². The molecule has 128 valence electrons. The number of esters is 1. The molecule has 0 radical (unpaired) electrons. The van der Waals surface area contributed by atoms with Gasteiger partial charge >= 0.3 is 5.97 Å². The van der Waals surface area contributed by atoms with Crippen LogP contribution in [-0.4, -0.2) is 11.8 Å². The van der Waals surface area contributed by atoms with Crippen LogP contribution in [0.2, 0.25) is 5.02 Å². The first kappa shape index (κ1) is 17.6. The van der Waals surface area contributed by atoms with E-state index in [0.717, 1.165) is 5.56 Å². The molecule has 4 heteroatoms. The summed E-state index contributed by atoms with van der Waals surface area (Å²) in [7, 11) is 0. The number of ketones is 1. The van der Waals surface area contributed by atoms with Gasteiger partial charge in [-0.05, 0) is 48.0 Å². The van der Waals surface area contributed by atoms with E-state index in [4.69, 9.17) is 16.3 Å². The third-order valence-corrected chi connectivity index (χ3v) is 4.00. The minimum Gasteiger partial charge on any atom is -0.423 e. The first-order valence-corrected chi connectivity index (χ1v) is 8.35. The van der Waals surface area contributed by atoms with E-state index >= 15 is 0 Å². The van der Waals surface area contributed by atoms with Gasteiger partial charge in [-0.15, -0.1) is 0 Å². The number of hydrogen-bond acceptors (Lipinski definition) is 3. The van der Waals surface area contributed by atoms with E-state index in [1.54, 1.807) is 54.6 Å². The molecule has 3 aromatic rings. The first-order chi connectivity index (χ1) is 12.6. The highest BCUT2D eigenvalue weighted by Crippen LogP contribution is 2.19. The van der Waals surface area contributed by atoms with Crippen molar-refractivity contribution in [3.63, 3.8) is 0 Å². The Morgan fingerprint density at radius 1 is 0.808 bits per heavy atom. The van der Waals surface area contributed by atoms with Crippen LogP contribution in [0.1, 0.15) is 26.3 Å². The zero-order chi connectivity index (χ0) is 18.4. The lowest BCUT2D eigenvalue weighted by atomic mass is 10.1. The van der Waals surface area contributed by atoms with Gasteiger partial charge in [-0.2, -0.15) is 0 Å². The molecule has 0 spiro atoms. The maximum atomic E-state index is 12.2. The van der Waals surface area contributed by atoms with Crippen LogP contribution in [0.15, 0.2) is 84.9 Å². The largest absolute Gasteiger partial charge is 0.423 e. The Hall–Kier alpha value is -3.17. The van der Waals surface area contributed by atoms with Gasteiger partial charge in [0.2, 0.25) is 0 Å². The van der Waals surface area contributed by atoms with Crippen LogP contribution >= 0.6 is 11.6 Å². The third kappa shape index (κ3) is 4.47. The van der Waals surface area contributed by atoms with Crippen molar-refractivity contribution in [2.24, 2.45) is 0 Å². The second-order valence-corrected chi connectivity index (χ2v) is 5.91. The molecule has 0 unspecified atom stereocenters. The zero-order valence-corrected chi connectivity index (χ0v) is 14.5. The fourth-order valence-corrected chi connectivity index (χ4v) is 2.52. The number of benzene rings is 3. The topological polar surface area (TPSA) is 43.4 Å². The van der Waals surface area contributed by atoms with Crippen molar-refractivity contribution in [2.45, 2.75) is 0 Å². The summed E-state index contributed by atoms with van der Waals surface area (Å²) in [5.74, 6) is -0.324. The summed E-state index contributed by atoms with van der Waals surface area (Å²) in [6.45, 7) is 0. The minimum atomic E-state index is -0.543. The molecule has 3 aromatic carbocycles. The predicted molar refractivity (Wildman–Crippen MR) is 103 cm³/mol. The highest BCUT2D eigenvalue weighted by atomic mass is 35.5. The standard InChI is InChI=1S/C22H15ClO3/c23-20-9-5-4-8-19(20)22(25)26-18-13-11-17(12-14-18)21(24)15-10-16-6-2-1-3-7-16/h1-15H/b15-10+. The van der Waals surface area contributed by atoms with Crippen molar-refractivity contribution >= 4 is 29.4 Å². The number of carbonyl (C=O) groups is 2. The summed E-state index contributed by atoms with van der Waals surface area (Å²) < 4.78 is 5.29. The molecule has 0 N–H and O–H groups in total. The summed E-state index contributed by atoms with van der Waals surface area (Å²) in [4.78, 5) is 24.3. The summed E-state index contributed by atoms with van der Waals surface area (Å²) in [6.07, 6.45) is 3.27. The molecule has 0 heterocycles. The highest BCUT2D eigenvalue weighted by Gasteiger charge is 2.12. The molecular weight excluding hydrogens is 348 g/mol. The average molecular weight is 363 g/mol. The van der Waals surface area contributed by atoms with Crippen LogP contribution in [0, 0.1) is 0 Å². The van der Waals surface area contributed by atoms with Gasteiger partial charge in [0.15, 0.2) is 5.78 Å². The average Bonchev–Trinajstić information content (AvgIpc) is 2.68. The van der Waals surface area contributed by atoms with Crippen LogP contribution in [0.4, 0.5) is 0 Å². The Labute approximate surface area is 156 Å². The monoisotopic (exact) mass is 362 g/mol. The first-order valence-electron chi connectivity index (χ1n) is 7.98. The maximum absolute atomic E-state index is 12.2. The molecule has 0 aliphatic heterocycles. The van der Waals surface area contributed by atoms with Crippen LogP contribution < -0.4 is 4.74 Å². The summed E-state index contributed by atoms with van der Waals surface area (Å²) >= 11 is 5.98.